The molecule has 20 N–H and O–H groups in total. The summed E-state index contributed by atoms with van der Waals surface area (Å²) in [5, 5.41) is 35.6. The van der Waals surface area contributed by atoms with Crippen LogP contribution in [0, 0.1) is 17.8 Å². The number of aliphatic hydroxyl groups is 1. The zero-order valence-corrected chi connectivity index (χ0v) is 38.7. The number of amides is 8. The molecule has 0 aliphatic heterocycles. The van der Waals surface area contributed by atoms with E-state index < -0.39 is 102 Å². The van der Waals surface area contributed by atoms with Gasteiger partial charge in [0.2, 0.25) is 47.3 Å². The zero-order chi connectivity index (χ0) is 50.3. The smallest absolute Gasteiger partial charge is 0.245 e. The van der Waals surface area contributed by atoms with Crippen LogP contribution in [-0.4, -0.2) is 125 Å². The van der Waals surface area contributed by atoms with Gasteiger partial charge in [0.25, 0.3) is 0 Å². The number of phenols is 1. The second-order valence-electron chi connectivity index (χ2n) is 16.9. The molecule has 1 rings (SSSR count). The number of aliphatic imine (C=N–C) groups is 2. The van der Waals surface area contributed by atoms with Crippen molar-refractivity contribution >= 4 is 59.2 Å². The molecule has 0 unspecified atom stereocenters. The van der Waals surface area contributed by atoms with Crippen molar-refractivity contribution in [1.29, 1.82) is 0 Å². The van der Waals surface area contributed by atoms with E-state index in [2.05, 4.69) is 41.9 Å². The third-order valence-electron chi connectivity index (χ3n) is 10.1. The third kappa shape index (κ3) is 22.3. The molecule has 1 aromatic rings. The van der Waals surface area contributed by atoms with Crippen molar-refractivity contribution in [2.24, 2.45) is 62.1 Å². The molecule has 0 saturated carbocycles. The van der Waals surface area contributed by atoms with Gasteiger partial charge in [-0.1, -0.05) is 46.8 Å². The van der Waals surface area contributed by atoms with Crippen LogP contribution in [0.3, 0.4) is 0 Å². The summed E-state index contributed by atoms with van der Waals surface area (Å²) in [6.45, 7) is 10.3. The zero-order valence-electron chi connectivity index (χ0n) is 38.7. The first kappa shape index (κ1) is 57.3. The van der Waals surface area contributed by atoms with Gasteiger partial charge in [0.1, 0.15) is 42.0 Å². The van der Waals surface area contributed by atoms with Gasteiger partial charge in [-0.05, 0) is 75.0 Å². The molecular weight excluding hydrogens is 861 g/mol. The number of nitrogens with one attached hydrogen (secondary N) is 6. The topological polar surface area (TPSA) is 430 Å². The molecule has 24 nitrogen and oxygen atoms in total. The van der Waals surface area contributed by atoms with E-state index in [9.17, 15) is 48.6 Å². The Morgan fingerprint density at radius 3 is 1.39 bits per heavy atom. The van der Waals surface area contributed by atoms with Gasteiger partial charge in [0.05, 0.1) is 6.10 Å². The Labute approximate surface area is 385 Å². The summed E-state index contributed by atoms with van der Waals surface area (Å²) in [7, 11) is 0. The molecule has 370 valence electrons. The molecule has 0 heterocycles. The van der Waals surface area contributed by atoms with E-state index in [1.54, 1.807) is 20.8 Å². The average Bonchev–Trinajstić information content (AvgIpc) is 3.21. The van der Waals surface area contributed by atoms with E-state index in [1.165, 1.54) is 31.2 Å². The number of aliphatic hydroxyl groups excluding tert-OH is 1. The predicted octanol–water partition coefficient (Wildman–Crippen LogP) is -3.58. The van der Waals surface area contributed by atoms with Crippen LogP contribution in [0.15, 0.2) is 34.3 Å². The maximum absolute atomic E-state index is 14.1. The lowest BCUT2D eigenvalue weighted by molar-refractivity contribution is -0.137. The lowest BCUT2D eigenvalue weighted by Crippen LogP contribution is -2.61. The molecule has 0 aliphatic rings. The molecule has 0 saturated heterocycles. The SMILES string of the molecule is CC(C)C[C@H](C)C(=O)N[C@H](C(=O)N[C@H](C(=O)N[C@@H](CCCN=C(N)N)C(=O)N[C@@H](CCC(N)=O)C(=O)N[C@@H](CCCN=C(N)N)C(=O)N[C@@H](Cc1ccc(O)cc1)C(N)=O)[C@@H](C)O)C(C)C. The number of guanidine groups is 2. The van der Waals surface area contributed by atoms with Gasteiger partial charge in [-0.25, -0.2) is 0 Å². The minimum absolute atomic E-state index is 0.00479. The number of hydrogen-bond acceptors (Lipinski definition) is 12. The molecule has 8 atom stereocenters. The third-order valence-corrected chi connectivity index (χ3v) is 10.1. The molecule has 66 heavy (non-hydrogen) atoms. The van der Waals surface area contributed by atoms with Crippen LogP contribution in [0.4, 0.5) is 0 Å². The molecular formula is C42H72N14O10. The molecule has 8 amide bonds. The van der Waals surface area contributed by atoms with Crippen LogP contribution in [0.5, 0.6) is 5.75 Å². The summed E-state index contributed by atoms with van der Waals surface area (Å²) in [5.41, 5.74) is 33.3. The summed E-state index contributed by atoms with van der Waals surface area (Å²) >= 11 is 0. The highest BCUT2D eigenvalue weighted by molar-refractivity contribution is 5.97. The standard InChI is InChI=1S/C42H72N14O10/c1-21(2)19-23(5)35(61)55-32(22(3)4)39(65)56-33(24(6)57)40(66)53-28(10-8-18-50-42(47)48)36(62)52-29(15-16-31(43)59)38(64)51-27(9-7-17-49-41(45)46)37(63)54-30(34(44)60)20-25-11-13-26(58)14-12-25/h11-14,21-24,27-30,32-33,57-58H,7-10,15-20H2,1-6H3,(H2,43,59)(H2,44,60)(H,51,64)(H,52,62)(H,53,66)(H,54,63)(H,55,61)(H,56,65)(H4,45,46,49)(H4,47,48,50)/t23-,24+,27-,28-,29-,30-,32-,33-/m0/s1. The lowest BCUT2D eigenvalue weighted by atomic mass is 9.96. The Morgan fingerprint density at radius 1 is 0.561 bits per heavy atom. The van der Waals surface area contributed by atoms with Gasteiger partial charge >= 0.3 is 0 Å². The Kier molecular flexibility index (Phi) is 25.1. The maximum atomic E-state index is 14.1. The van der Waals surface area contributed by atoms with E-state index in [4.69, 9.17) is 34.4 Å². The highest BCUT2D eigenvalue weighted by atomic mass is 16.3. The Hall–Kier alpha value is -6.72. The van der Waals surface area contributed by atoms with Crippen LogP contribution < -0.4 is 66.3 Å². The number of nitrogens with two attached hydrogens (primary N) is 6. The van der Waals surface area contributed by atoms with E-state index >= 15 is 0 Å². The average molecular weight is 933 g/mol. The van der Waals surface area contributed by atoms with Gasteiger partial charge in [0, 0.05) is 31.8 Å². The minimum atomic E-state index is -1.64. The Bertz CT molecular complexity index is 1850. The molecule has 1 aromatic carbocycles. The summed E-state index contributed by atoms with van der Waals surface area (Å²) < 4.78 is 0. The van der Waals surface area contributed by atoms with Gasteiger partial charge in [-0.2, -0.15) is 0 Å². The molecule has 0 bridgehead atoms. The summed E-state index contributed by atoms with van der Waals surface area (Å²) in [5.74, 6) is -7.82. The normalized spacial score (nSPS) is 14.7. The number of aromatic hydroxyl groups is 1. The molecule has 0 spiro atoms. The van der Waals surface area contributed by atoms with E-state index in [-0.39, 0.29) is 81.1 Å². The fourth-order valence-corrected chi connectivity index (χ4v) is 6.56. The number of hydrogen-bond donors (Lipinski definition) is 14. The van der Waals surface area contributed by atoms with E-state index in [0.29, 0.717) is 12.0 Å². The van der Waals surface area contributed by atoms with Crippen molar-refractivity contribution in [2.45, 2.75) is 135 Å². The molecule has 0 aromatic heterocycles. The van der Waals surface area contributed by atoms with Crippen LogP contribution >= 0.6 is 0 Å². The molecule has 0 radical (unpaired) electrons. The van der Waals surface area contributed by atoms with E-state index in [0.717, 1.165) is 0 Å². The summed E-state index contributed by atoms with van der Waals surface area (Å²) in [6, 6.07) is -2.60. The van der Waals surface area contributed by atoms with Crippen LogP contribution in [0.1, 0.15) is 92.1 Å². The lowest BCUT2D eigenvalue weighted by Gasteiger charge is -2.29. The van der Waals surface area contributed by atoms with Crippen molar-refractivity contribution in [3.63, 3.8) is 0 Å². The van der Waals surface area contributed by atoms with Crippen molar-refractivity contribution in [3.05, 3.63) is 29.8 Å². The number of carbonyl (C=O) groups excluding carboxylic acids is 8. The second-order valence-corrected chi connectivity index (χ2v) is 16.9. The number of rotatable bonds is 30. The first-order chi connectivity index (χ1) is 30.8. The van der Waals surface area contributed by atoms with Crippen LogP contribution in [0.2, 0.25) is 0 Å². The number of benzene rings is 1. The van der Waals surface area contributed by atoms with Gasteiger partial charge in [0.15, 0.2) is 11.9 Å². The quantitative estimate of drug-likeness (QED) is 0.0202. The first-order valence-corrected chi connectivity index (χ1v) is 21.8. The van der Waals surface area contributed by atoms with Gasteiger partial charge < -0.3 is 76.5 Å². The number of nitrogens with zero attached hydrogens (tertiary/aromatic N) is 2. The van der Waals surface area contributed by atoms with Gasteiger partial charge in [-0.15, -0.1) is 0 Å². The van der Waals surface area contributed by atoms with Gasteiger partial charge in [-0.3, -0.25) is 48.3 Å². The largest absolute Gasteiger partial charge is 0.508 e. The fourth-order valence-electron chi connectivity index (χ4n) is 6.56. The highest BCUT2D eigenvalue weighted by Gasteiger charge is 2.35. The van der Waals surface area contributed by atoms with E-state index in [1.807, 2.05) is 13.8 Å². The fraction of sp³-hybridized carbons (Fsp3) is 0.619. The molecule has 0 fully saturated rings. The maximum Gasteiger partial charge on any atom is 0.245 e. The summed E-state index contributed by atoms with van der Waals surface area (Å²) in [6.07, 6.45) is -1.83. The highest BCUT2D eigenvalue weighted by Crippen LogP contribution is 2.14. The predicted molar refractivity (Wildman–Crippen MR) is 246 cm³/mol. The van der Waals surface area contributed by atoms with Crippen LogP contribution in [0.25, 0.3) is 0 Å². The van der Waals surface area contributed by atoms with Crippen molar-refractivity contribution in [3.8, 4) is 5.75 Å². The van der Waals surface area contributed by atoms with Crippen LogP contribution in [-0.2, 0) is 44.8 Å². The first-order valence-electron chi connectivity index (χ1n) is 21.8. The monoisotopic (exact) mass is 933 g/mol. The minimum Gasteiger partial charge on any atom is -0.508 e. The van der Waals surface area contributed by atoms with Crippen molar-refractivity contribution in [2.75, 3.05) is 13.1 Å². The number of carbonyl (C=O) groups is 8. The van der Waals surface area contributed by atoms with Crippen molar-refractivity contribution < 1.29 is 48.6 Å². The molecule has 24 heteroatoms. The van der Waals surface area contributed by atoms with Crippen molar-refractivity contribution in [1.82, 2.24) is 31.9 Å². The number of primary amides is 2. The number of phenolic OH excluding ortho intramolecular Hbond substituents is 1. The Morgan fingerprint density at radius 2 is 0.985 bits per heavy atom. The second kappa shape index (κ2) is 28.9. The summed E-state index contributed by atoms with van der Waals surface area (Å²) in [4.78, 5) is 114. The molecule has 0 aliphatic carbocycles. The Balaban J connectivity index is 3.49.